The van der Waals surface area contributed by atoms with Crippen LogP contribution in [0.15, 0.2) is 12.1 Å². The van der Waals surface area contributed by atoms with Crippen molar-refractivity contribution in [3.63, 3.8) is 0 Å². The van der Waals surface area contributed by atoms with Crippen LogP contribution >= 0.6 is 22.9 Å². The zero-order chi connectivity index (χ0) is 17.6. The first kappa shape index (κ1) is 17.3. The molecule has 2 aliphatic carbocycles. The lowest BCUT2D eigenvalue weighted by Crippen LogP contribution is -2.39. The van der Waals surface area contributed by atoms with Crippen molar-refractivity contribution in [1.82, 2.24) is 4.98 Å². The topological polar surface area (TPSA) is 59.2 Å². The molecule has 4 rings (SSSR count). The summed E-state index contributed by atoms with van der Waals surface area (Å²) in [6.45, 7) is 2.79. The number of anilines is 1. The van der Waals surface area contributed by atoms with E-state index >= 15 is 0 Å². The number of thiazole rings is 1. The fraction of sp³-hybridized carbons (Fsp3) is 0.579. The first-order chi connectivity index (χ1) is 12.0. The molecule has 0 saturated heterocycles. The molecule has 4 nitrogen and oxygen atoms in total. The van der Waals surface area contributed by atoms with Gasteiger partial charge in [-0.3, -0.25) is 9.69 Å². The Morgan fingerprint density at radius 2 is 2.00 bits per heavy atom. The van der Waals surface area contributed by atoms with Gasteiger partial charge in [0.1, 0.15) is 0 Å². The molecule has 0 aliphatic heterocycles. The molecule has 0 bridgehead atoms. The summed E-state index contributed by atoms with van der Waals surface area (Å²) >= 11 is 7.77. The van der Waals surface area contributed by atoms with E-state index in [1.54, 1.807) is 11.3 Å². The number of amides is 1. The number of hydrogen-bond acceptors (Lipinski definition) is 4. The van der Waals surface area contributed by atoms with Crippen LogP contribution in [0.5, 0.6) is 0 Å². The number of nitrogens with two attached hydrogens (primary N) is 1. The van der Waals surface area contributed by atoms with Crippen LogP contribution in [0.2, 0.25) is 5.02 Å². The second kappa shape index (κ2) is 6.86. The SMILES string of the molecule is Cc1cc(Cl)cc2sc(N(CC3CCC(N)CC3)C(=O)C3CC3)nc12. The molecule has 6 heteroatoms. The van der Waals surface area contributed by atoms with Crippen molar-refractivity contribution in [3.05, 3.63) is 22.7 Å². The van der Waals surface area contributed by atoms with Gasteiger partial charge in [0.2, 0.25) is 5.91 Å². The highest BCUT2D eigenvalue weighted by Crippen LogP contribution is 2.38. The number of hydrogen-bond donors (Lipinski definition) is 1. The van der Waals surface area contributed by atoms with Crippen LogP contribution in [0.25, 0.3) is 10.2 Å². The molecule has 134 valence electrons. The Bertz CT molecular complexity index is 793. The number of nitrogens with zero attached hydrogens (tertiary/aromatic N) is 2. The minimum atomic E-state index is 0.197. The fourth-order valence-electron chi connectivity index (χ4n) is 3.70. The van der Waals surface area contributed by atoms with E-state index in [4.69, 9.17) is 22.3 Å². The van der Waals surface area contributed by atoms with Gasteiger partial charge in [0.25, 0.3) is 0 Å². The largest absolute Gasteiger partial charge is 0.328 e. The summed E-state index contributed by atoms with van der Waals surface area (Å²) in [4.78, 5) is 19.7. The van der Waals surface area contributed by atoms with Gasteiger partial charge in [-0.2, -0.15) is 0 Å². The third kappa shape index (κ3) is 3.69. The summed E-state index contributed by atoms with van der Waals surface area (Å²) in [6, 6.07) is 4.21. The Kier molecular flexibility index (Phi) is 4.73. The highest BCUT2D eigenvalue weighted by atomic mass is 35.5. The predicted octanol–water partition coefficient (Wildman–Crippen LogP) is 4.52. The zero-order valence-corrected chi connectivity index (χ0v) is 16.1. The Morgan fingerprint density at radius 3 is 2.68 bits per heavy atom. The van der Waals surface area contributed by atoms with Crippen LogP contribution in [-0.2, 0) is 4.79 Å². The number of benzene rings is 1. The van der Waals surface area contributed by atoms with Crippen molar-refractivity contribution >= 4 is 44.2 Å². The summed E-state index contributed by atoms with van der Waals surface area (Å²) in [6.07, 6.45) is 6.35. The van der Waals surface area contributed by atoms with E-state index in [-0.39, 0.29) is 11.8 Å². The maximum Gasteiger partial charge on any atom is 0.231 e. The van der Waals surface area contributed by atoms with Gasteiger partial charge in [-0.25, -0.2) is 4.98 Å². The van der Waals surface area contributed by atoms with Crippen LogP contribution in [-0.4, -0.2) is 23.5 Å². The molecule has 2 aliphatic rings. The molecule has 0 spiro atoms. The molecule has 1 aromatic heterocycles. The van der Waals surface area contributed by atoms with Crippen molar-refractivity contribution in [2.24, 2.45) is 17.6 Å². The second-order valence-corrected chi connectivity index (χ2v) is 9.02. The van der Waals surface area contributed by atoms with Crippen LogP contribution in [0.3, 0.4) is 0 Å². The normalized spacial score (nSPS) is 23.8. The first-order valence-electron chi connectivity index (χ1n) is 9.15. The minimum Gasteiger partial charge on any atom is -0.328 e. The lowest BCUT2D eigenvalue weighted by Gasteiger charge is -2.30. The zero-order valence-electron chi connectivity index (χ0n) is 14.5. The summed E-state index contributed by atoms with van der Waals surface area (Å²) in [7, 11) is 0. The van der Waals surface area contributed by atoms with Gasteiger partial charge >= 0.3 is 0 Å². The molecule has 1 heterocycles. The molecule has 2 saturated carbocycles. The average molecular weight is 378 g/mol. The van der Waals surface area contributed by atoms with Crippen LogP contribution in [0, 0.1) is 18.8 Å². The quantitative estimate of drug-likeness (QED) is 0.852. The van der Waals surface area contributed by atoms with Crippen LogP contribution < -0.4 is 10.6 Å². The Hall–Kier alpha value is -1.17. The number of aryl methyl sites for hydroxylation is 1. The highest BCUT2D eigenvalue weighted by molar-refractivity contribution is 7.22. The number of halogens is 1. The number of rotatable bonds is 4. The van der Waals surface area contributed by atoms with Crippen molar-refractivity contribution < 1.29 is 4.79 Å². The van der Waals surface area contributed by atoms with Gasteiger partial charge < -0.3 is 5.73 Å². The fourth-order valence-corrected chi connectivity index (χ4v) is 5.14. The molecular weight excluding hydrogens is 354 g/mol. The Balaban J connectivity index is 1.63. The molecule has 0 unspecified atom stereocenters. The van der Waals surface area contributed by atoms with Gasteiger partial charge in [-0.05, 0) is 69.1 Å². The summed E-state index contributed by atoms with van der Waals surface area (Å²) in [5.41, 5.74) is 8.06. The maximum atomic E-state index is 12.9. The number of aromatic nitrogens is 1. The molecular formula is C19H24ClN3OS. The van der Waals surface area contributed by atoms with Gasteiger partial charge in [-0.1, -0.05) is 22.9 Å². The van der Waals surface area contributed by atoms with E-state index in [2.05, 4.69) is 0 Å². The lowest BCUT2D eigenvalue weighted by atomic mass is 9.86. The van der Waals surface area contributed by atoms with Gasteiger partial charge in [0, 0.05) is 23.5 Å². The standard InChI is InChI=1S/C19H24ClN3OS/c1-11-8-14(20)9-16-17(11)22-19(25-16)23(18(24)13-4-5-13)10-12-2-6-15(21)7-3-12/h8-9,12-13,15H,2-7,10,21H2,1H3. The van der Waals surface area contributed by atoms with Crippen LogP contribution in [0.4, 0.5) is 5.13 Å². The molecule has 1 amide bonds. The third-order valence-electron chi connectivity index (χ3n) is 5.39. The Morgan fingerprint density at radius 1 is 1.28 bits per heavy atom. The highest BCUT2D eigenvalue weighted by Gasteiger charge is 2.36. The Labute approximate surface area is 157 Å². The first-order valence-corrected chi connectivity index (χ1v) is 10.3. The molecule has 2 aromatic rings. The van der Waals surface area contributed by atoms with Crippen molar-refractivity contribution in [2.45, 2.75) is 51.5 Å². The molecule has 2 fully saturated rings. The minimum absolute atomic E-state index is 0.197. The number of fused-ring (bicyclic) bond motifs is 1. The lowest BCUT2D eigenvalue weighted by molar-refractivity contribution is -0.119. The summed E-state index contributed by atoms with van der Waals surface area (Å²) in [5.74, 6) is 0.972. The second-order valence-electron chi connectivity index (χ2n) is 7.57. The van der Waals surface area contributed by atoms with E-state index in [1.165, 1.54) is 0 Å². The summed E-state index contributed by atoms with van der Waals surface area (Å²) in [5, 5.41) is 1.55. The van der Waals surface area contributed by atoms with Gasteiger partial charge in [0.15, 0.2) is 5.13 Å². The smallest absolute Gasteiger partial charge is 0.231 e. The predicted molar refractivity (Wildman–Crippen MR) is 104 cm³/mol. The van der Waals surface area contributed by atoms with E-state index in [0.29, 0.717) is 12.0 Å². The molecule has 1 aromatic carbocycles. The van der Waals surface area contributed by atoms with Crippen molar-refractivity contribution in [1.29, 1.82) is 0 Å². The van der Waals surface area contributed by atoms with E-state index in [9.17, 15) is 4.79 Å². The van der Waals surface area contributed by atoms with Crippen molar-refractivity contribution in [3.8, 4) is 0 Å². The number of carbonyl (C=O) groups excluding carboxylic acids is 1. The van der Waals surface area contributed by atoms with E-state index < -0.39 is 0 Å². The monoisotopic (exact) mass is 377 g/mol. The third-order valence-corrected chi connectivity index (χ3v) is 6.64. The average Bonchev–Trinajstić information content (AvgIpc) is 3.34. The molecule has 0 atom stereocenters. The summed E-state index contributed by atoms with van der Waals surface area (Å²) < 4.78 is 1.05. The van der Waals surface area contributed by atoms with E-state index in [0.717, 1.165) is 71.0 Å². The molecule has 2 N–H and O–H groups in total. The van der Waals surface area contributed by atoms with Gasteiger partial charge in [-0.15, -0.1) is 0 Å². The maximum absolute atomic E-state index is 12.9. The van der Waals surface area contributed by atoms with E-state index in [1.807, 2.05) is 24.0 Å². The van der Waals surface area contributed by atoms with Gasteiger partial charge in [0.05, 0.1) is 10.2 Å². The molecule has 0 radical (unpaired) electrons. The van der Waals surface area contributed by atoms with Crippen molar-refractivity contribution in [2.75, 3.05) is 11.4 Å². The number of carbonyl (C=O) groups is 1. The molecule has 25 heavy (non-hydrogen) atoms. The van der Waals surface area contributed by atoms with Crippen LogP contribution in [0.1, 0.15) is 44.1 Å².